The normalized spacial score (nSPS) is 14.1. The second-order valence-corrected chi connectivity index (χ2v) is 11.1. The van der Waals surface area contributed by atoms with Crippen molar-refractivity contribution in [3.63, 3.8) is 0 Å². The third-order valence-corrected chi connectivity index (χ3v) is 8.35. The fraction of sp³-hybridized carbons (Fsp3) is 0.867. The van der Waals surface area contributed by atoms with Crippen molar-refractivity contribution in [2.24, 2.45) is 5.92 Å². The highest BCUT2D eigenvalue weighted by atomic mass is 28.4. The van der Waals surface area contributed by atoms with Gasteiger partial charge in [-0.2, -0.15) is 0 Å². The molecule has 17 heavy (non-hydrogen) atoms. The molecule has 1 atom stereocenters. The van der Waals surface area contributed by atoms with E-state index in [0.717, 1.165) is 19.4 Å². The second-order valence-electron chi connectivity index (χ2n) is 6.25. The molecular weight excluding hydrogens is 224 g/mol. The molecule has 0 aromatic rings. The highest BCUT2D eigenvalue weighted by Gasteiger charge is 2.36. The molecule has 0 bridgehead atoms. The van der Waals surface area contributed by atoms with Gasteiger partial charge in [0.05, 0.1) is 0 Å². The average molecular weight is 254 g/mol. The third kappa shape index (κ3) is 6.28. The van der Waals surface area contributed by atoms with Crippen molar-refractivity contribution in [1.29, 1.82) is 0 Å². The molecule has 1 nitrogen and oxygen atoms in total. The molecule has 0 radical (unpaired) electrons. The van der Waals surface area contributed by atoms with Crippen LogP contribution in [0.25, 0.3) is 0 Å². The van der Waals surface area contributed by atoms with Gasteiger partial charge in [0.25, 0.3) is 0 Å². The minimum absolute atomic E-state index is 0.320. The summed E-state index contributed by atoms with van der Waals surface area (Å²) in [6.07, 6.45) is 3.46. The standard InChI is InChI=1S/C15H30OSi/c1-8-11-14(9-2)12-10-13-16-17(6,7)15(3,4)5/h14H,9-10,12-13H2,1-7H3/t14-/m0/s1. The summed E-state index contributed by atoms with van der Waals surface area (Å²) in [6.45, 7) is 16.5. The molecule has 100 valence electrons. The summed E-state index contributed by atoms with van der Waals surface area (Å²) in [5, 5.41) is 0.320. The van der Waals surface area contributed by atoms with Crippen LogP contribution in [-0.2, 0) is 4.43 Å². The van der Waals surface area contributed by atoms with Crippen molar-refractivity contribution in [3.8, 4) is 11.8 Å². The van der Waals surface area contributed by atoms with Crippen LogP contribution in [0.2, 0.25) is 18.1 Å². The van der Waals surface area contributed by atoms with Crippen molar-refractivity contribution in [2.75, 3.05) is 6.61 Å². The summed E-state index contributed by atoms with van der Waals surface area (Å²) >= 11 is 0. The van der Waals surface area contributed by atoms with Gasteiger partial charge in [0, 0.05) is 12.5 Å². The highest BCUT2D eigenvalue weighted by molar-refractivity contribution is 6.74. The molecule has 0 aliphatic carbocycles. The molecule has 0 rings (SSSR count). The Morgan fingerprint density at radius 2 is 1.82 bits per heavy atom. The molecule has 0 aliphatic rings. The molecule has 0 fully saturated rings. The van der Waals surface area contributed by atoms with Gasteiger partial charge in [-0.15, -0.1) is 11.8 Å². The Labute approximate surface area is 109 Å². The predicted molar refractivity (Wildman–Crippen MR) is 79.6 cm³/mol. The summed E-state index contributed by atoms with van der Waals surface area (Å²) in [7, 11) is -1.54. The first-order valence-corrected chi connectivity index (χ1v) is 9.71. The minimum atomic E-state index is -1.54. The lowest BCUT2D eigenvalue weighted by Crippen LogP contribution is -2.41. The van der Waals surface area contributed by atoms with Gasteiger partial charge in [-0.05, 0) is 44.3 Å². The SMILES string of the molecule is CC#C[C@H](CC)CCCO[Si](C)(C)C(C)(C)C. The Morgan fingerprint density at radius 3 is 2.24 bits per heavy atom. The van der Waals surface area contributed by atoms with Gasteiger partial charge >= 0.3 is 0 Å². The lowest BCUT2D eigenvalue weighted by Gasteiger charge is -2.36. The lowest BCUT2D eigenvalue weighted by atomic mass is 10.0. The molecule has 0 saturated heterocycles. The highest BCUT2D eigenvalue weighted by Crippen LogP contribution is 2.36. The topological polar surface area (TPSA) is 9.23 Å². The van der Waals surface area contributed by atoms with Gasteiger partial charge in [-0.3, -0.25) is 0 Å². The fourth-order valence-electron chi connectivity index (χ4n) is 1.46. The molecule has 0 aliphatic heterocycles. The average Bonchev–Trinajstić information content (AvgIpc) is 2.21. The fourth-order valence-corrected chi connectivity index (χ4v) is 2.54. The monoisotopic (exact) mass is 254 g/mol. The largest absolute Gasteiger partial charge is 0.417 e. The van der Waals surface area contributed by atoms with Crippen LogP contribution in [0.5, 0.6) is 0 Å². The van der Waals surface area contributed by atoms with E-state index in [9.17, 15) is 0 Å². The van der Waals surface area contributed by atoms with Gasteiger partial charge in [0.1, 0.15) is 0 Å². The lowest BCUT2D eigenvalue weighted by molar-refractivity contribution is 0.273. The maximum absolute atomic E-state index is 6.16. The molecule has 0 N–H and O–H groups in total. The predicted octanol–water partition coefficient (Wildman–Crippen LogP) is 4.84. The van der Waals surface area contributed by atoms with Crippen LogP contribution in [-0.4, -0.2) is 14.9 Å². The van der Waals surface area contributed by atoms with Crippen molar-refractivity contribution >= 4 is 8.32 Å². The van der Waals surface area contributed by atoms with E-state index in [1.54, 1.807) is 0 Å². The zero-order chi connectivity index (χ0) is 13.5. The molecule has 0 saturated carbocycles. The van der Waals surface area contributed by atoms with Gasteiger partial charge in [0.2, 0.25) is 0 Å². The molecular formula is C15H30OSi. The Balaban J connectivity index is 3.95. The van der Waals surface area contributed by atoms with E-state index in [4.69, 9.17) is 4.43 Å². The van der Waals surface area contributed by atoms with Crippen LogP contribution in [0.4, 0.5) is 0 Å². The van der Waals surface area contributed by atoms with E-state index in [0.29, 0.717) is 11.0 Å². The van der Waals surface area contributed by atoms with Gasteiger partial charge in [-0.1, -0.05) is 27.7 Å². The van der Waals surface area contributed by atoms with Crippen LogP contribution in [0, 0.1) is 17.8 Å². The molecule has 0 heterocycles. The maximum atomic E-state index is 6.16. The number of rotatable bonds is 6. The molecule has 2 heteroatoms. The zero-order valence-electron chi connectivity index (χ0n) is 12.8. The van der Waals surface area contributed by atoms with Crippen LogP contribution < -0.4 is 0 Å². The first kappa shape index (κ1) is 16.7. The third-order valence-electron chi connectivity index (χ3n) is 3.81. The molecule has 0 spiro atoms. The second kappa shape index (κ2) is 7.23. The quantitative estimate of drug-likeness (QED) is 0.374. The van der Waals surface area contributed by atoms with Gasteiger partial charge in [-0.25, -0.2) is 0 Å². The van der Waals surface area contributed by atoms with Crippen molar-refractivity contribution in [2.45, 2.75) is 72.0 Å². The van der Waals surface area contributed by atoms with Crippen LogP contribution in [0.1, 0.15) is 53.9 Å². The Kier molecular flexibility index (Phi) is 7.12. The molecule has 0 unspecified atom stereocenters. The summed E-state index contributed by atoms with van der Waals surface area (Å²) in [4.78, 5) is 0. The maximum Gasteiger partial charge on any atom is 0.191 e. The van der Waals surface area contributed by atoms with E-state index >= 15 is 0 Å². The molecule has 0 aromatic heterocycles. The van der Waals surface area contributed by atoms with Gasteiger partial charge in [0.15, 0.2) is 8.32 Å². The van der Waals surface area contributed by atoms with E-state index < -0.39 is 8.32 Å². The Morgan fingerprint density at radius 1 is 1.24 bits per heavy atom. The summed E-state index contributed by atoms with van der Waals surface area (Å²) in [5.41, 5.74) is 0. The minimum Gasteiger partial charge on any atom is -0.417 e. The number of hydrogen-bond acceptors (Lipinski definition) is 1. The van der Waals surface area contributed by atoms with E-state index in [1.807, 2.05) is 6.92 Å². The van der Waals surface area contributed by atoms with E-state index in [-0.39, 0.29) is 0 Å². The number of hydrogen-bond donors (Lipinski definition) is 0. The Hall–Kier alpha value is -0.263. The van der Waals surface area contributed by atoms with Gasteiger partial charge < -0.3 is 4.43 Å². The van der Waals surface area contributed by atoms with Crippen LogP contribution >= 0.6 is 0 Å². The van der Waals surface area contributed by atoms with Crippen LogP contribution in [0.15, 0.2) is 0 Å². The van der Waals surface area contributed by atoms with E-state index in [1.165, 1.54) is 6.42 Å². The zero-order valence-corrected chi connectivity index (χ0v) is 13.8. The van der Waals surface area contributed by atoms with Crippen molar-refractivity contribution < 1.29 is 4.43 Å². The summed E-state index contributed by atoms with van der Waals surface area (Å²) in [5.74, 6) is 6.84. The molecule has 0 amide bonds. The van der Waals surface area contributed by atoms with E-state index in [2.05, 4.69) is 52.6 Å². The first-order valence-electron chi connectivity index (χ1n) is 6.81. The van der Waals surface area contributed by atoms with Crippen molar-refractivity contribution in [1.82, 2.24) is 0 Å². The Bertz CT molecular complexity index is 265. The van der Waals surface area contributed by atoms with Crippen molar-refractivity contribution in [3.05, 3.63) is 0 Å². The summed E-state index contributed by atoms with van der Waals surface area (Å²) < 4.78 is 6.16. The smallest absolute Gasteiger partial charge is 0.191 e. The first-order chi connectivity index (χ1) is 7.74. The molecule has 0 aromatic carbocycles. The van der Waals surface area contributed by atoms with Crippen LogP contribution in [0.3, 0.4) is 0 Å². The summed E-state index contributed by atoms with van der Waals surface area (Å²) in [6, 6.07) is 0.